The molecular formula is C12H16ClNO2. The van der Waals surface area contributed by atoms with E-state index in [0.29, 0.717) is 12.8 Å². The third-order valence-corrected chi connectivity index (χ3v) is 2.94. The van der Waals surface area contributed by atoms with Crippen LogP contribution in [-0.4, -0.2) is 11.1 Å². The van der Waals surface area contributed by atoms with Gasteiger partial charge in [-0.25, -0.2) is 0 Å². The average Bonchev–Trinajstić information content (AvgIpc) is 2.21. The SMILES string of the molecule is Cc1cc(C(N)CCCC(=O)O)ccc1Cl. The minimum Gasteiger partial charge on any atom is -0.481 e. The fourth-order valence-corrected chi connectivity index (χ4v) is 1.66. The van der Waals surface area contributed by atoms with Crippen molar-refractivity contribution >= 4 is 17.6 Å². The van der Waals surface area contributed by atoms with Crippen molar-refractivity contribution in [1.82, 2.24) is 0 Å². The zero-order valence-electron chi connectivity index (χ0n) is 9.24. The van der Waals surface area contributed by atoms with Gasteiger partial charge in [0.2, 0.25) is 0 Å². The zero-order valence-corrected chi connectivity index (χ0v) is 10.00. The first kappa shape index (κ1) is 13.0. The van der Waals surface area contributed by atoms with Crippen molar-refractivity contribution in [2.45, 2.75) is 32.2 Å². The van der Waals surface area contributed by atoms with E-state index < -0.39 is 5.97 Å². The maximum atomic E-state index is 10.4. The number of benzene rings is 1. The van der Waals surface area contributed by atoms with Gasteiger partial charge in [-0.2, -0.15) is 0 Å². The van der Waals surface area contributed by atoms with Gasteiger partial charge >= 0.3 is 5.97 Å². The van der Waals surface area contributed by atoms with E-state index in [2.05, 4.69) is 0 Å². The van der Waals surface area contributed by atoms with Crippen LogP contribution in [0.25, 0.3) is 0 Å². The predicted octanol–water partition coefficient (Wildman–Crippen LogP) is 2.90. The third-order valence-electron chi connectivity index (χ3n) is 2.52. The van der Waals surface area contributed by atoms with Crippen LogP contribution in [-0.2, 0) is 4.79 Å². The van der Waals surface area contributed by atoms with Gasteiger partial charge in [-0.05, 0) is 37.0 Å². The Balaban J connectivity index is 2.55. The predicted molar refractivity (Wildman–Crippen MR) is 64.6 cm³/mol. The van der Waals surface area contributed by atoms with Gasteiger partial charge in [0, 0.05) is 17.5 Å². The van der Waals surface area contributed by atoms with Crippen LogP contribution in [0.4, 0.5) is 0 Å². The number of carbonyl (C=O) groups is 1. The van der Waals surface area contributed by atoms with Gasteiger partial charge < -0.3 is 10.8 Å². The summed E-state index contributed by atoms with van der Waals surface area (Å²) in [5.74, 6) is -0.778. The maximum Gasteiger partial charge on any atom is 0.303 e. The summed E-state index contributed by atoms with van der Waals surface area (Å²) in [6.07, 6.45) is 1.44. The molecule has 1 rings (SSSR count). The van der Waals surface area contributed by atoms with Gasteiger partial charge in [-0.3, -0.25) is 4.79 Å². The largest absolute Gasteiger partial charge is 0.481 e. The molecule has 4 heteroatoms. The molecule has 0 aliphatic carbocycles. The number of hydrogen-bond acceptors (Lipinski definition) is 2. The van der Waals surface area contributed by atoms with E-state index in [-0.39, 0.29) is 12.5 Å². The number of aliphatic carboxylic acids is 1. The van der Waals surface area contributed by atoms with Crippen LogP contribution in [0.1, 0.15) is 36.4 Å². The molecule has 0 bridgehead atoms. The van der Waals surface area contributed by atoms with Crippen molar-refractivity contribution in [3.05, 3.63) is 34.3 Å². The van der Waals surface area contributed by atoms with Gasteiger partial charge in [-0.15, -0.1) is 0 Å². The molecule has 0 heterocycles. The molecule has 0 amide bonds. The normalized spacial score (nSPS) is 12.4. The van der Waals surface area contributed by atoms with E-state index in [1.807, 2.05) is 25.1 Å². The smallest absolute Gasteiger partial charge is 0.303 e. The molecule has 1 aromatic carbocycles. The number of aryl methyl sites for hydroxylation is 1. The van der Waals surface area contributed by atoms with Crippen LogP contribution in [0.15, 0.2) is 18.2 Å². The molecule has 1 unspecified atom stereocenters. The van der Waals surface area contributed by atoms with E-state index >= 15 is 0 Å². The van der Waals surface area contributed by atoms with E-state index in [4.69, 9.17) is 22.4 Å². The summed E-state index contributed by atoms with van der Waals surface area (Å²) in [5, 5.41) is 9.24. The summed E-state index contributed by atoms with van der Waals surface area (Å²) in [6.45, 7) is 1.93. The summed E-state index contributed by atoms with van der Waals surface area (Å²) in [6, 6.07) is 5.55. The van der Waals surface area contributed by atoms with E-state index in [0.717, 1.165) is 16.1 Å². The fourth-order valence-electron chi connectivity index (χ4n) is 1.54. The van der Waals surface area contributed by atoms with Gasteiger partial charge in [0.05, 0.1) is 0 Å². The van der Waals surface area contributed by atoms with Crippen LogP contribution in [0.3, 0.4) is 0 Å². The monoisotopic (exact) mass is 241 g/mol. The Kier molecular flexibility index (Phi) is 4.77. The molecule has 0 aliphatic rings. The third kappa shape index (κ3) is 3.83. The number of hydrogen-bond donors (Lipinski definition) is 2. The fraction of sp³-hybridized carbons (Fsp3) is 0.417. The Morgan fingerprint density at radius 2 is 2.25 bits per heavy atom. The molecule has 1 aromatic rings. The summed E-state index contributed by atoms with van der Waals surface area (Å²) < 4.78 is 0. The zero-order chi connectivity index (χ0) is 12.1. The highest BCUT2D eigenvalue weighted by atomic mass is 35.5. The quantitative estimate of drug-likeness (QED) is 0.833. The second-order valence-corrected chi connectivity index (χ2v) is 4.31. The summed E-state index contributed by atoms with van der Waals surface area (Å²) >= 11 is 5.91. The second-order valence-electron chi connectivity index (χ2n) is 3.90. The van der Waals surface area contributed by atoms with Crippen LogP contribution in [0.5, 0.6) is 0 Å². The highest BCUT2D eigenvalue weighted by Gasteiger charge is 2.08. The molecule has 0 aromatic heterocycles. The molecule has 16 heavy (non-hydrogen) atoms. The van der Waals surface area contributed by atoms with Crippen molar-refractivity contribution in [3.63, 3.8) is 0 Å². The second kappa shape index (κ2) is 5.87. The minimum atomic E-state index is -0.778. The van der Waals surface area contributed by atoms with Crippen LogP contribution in [0.2, 0.25) is 5.02 Å². The van der Waals surface area contributed by atoms with Crippen molar-refractivity contribution < 1.29 is 9.90 Å². The Labute approximate surface area is 100 Å². The first-order valence-corrected chi connectivity index (χ1v) is 5.62. The molecule has 0 radical (unpaired) electrons. The maximum absolute atomic E-state index is 10.4. The number of halogens is 1. The summed E-state index contributed by atoms with van der Waals surface area (Å²) in [4.78, 5) is 10.4. The van der Waals surface area contributed by atoms with Gasteiger partial charge in [-0.1, -0.05) is 23.7 Å². The molecule has 3 N–H and O–H groups in total. The Hall–Kier alpha value is -1.06. The highest BCUT2D eigenvalue weighted by molar-refractivity contribution is 6.31. The van der Waals surface area contributed by atoms with Crippen molar-refractivity contribution in [1.29, 1.82) is 0 Å². The molecule has 0 saturated carbocycles. The number of carboxylic acid groups (broad SMARTS) is 1. The van der Waals surface area contributed by atoms with Crippen molar-refractivity contribution in [2.24, 2.45) is 5.73 Å². The summed E-state index contributed by atoms with van der Waals surface area (Å²) in [7, 11) is 0. The van der Waals surface area contributed by atoms with Crippen LogP contribution >= 0.6 is 11.6 Å². The van der Waals surface area contributed by atoms with E-state index in [1.165, 1.54) is 0 Å². The minimum absolute atomic E-state index is 0.115. The van der Waals surface area contributed by atoms with Crippen LogP contribution in [0, 0.1) is 6.92 Å². The Morgan fingerprint density at radius 3 is 2.81 bits per heavy atom. The molecule has 3 nitrogen and oxygen atoms in total. The highest BCUT2D eigenvalue weighted by Crippen LogP contribution is 2.22. The van der Waals surface area contributed by atoms with E-state index in [9.17, 15) is 4.79 Å². The molecule has 0 aliphatic heterocycles. The van der Waals surface area contributed by atoms with Crippen molar-refractivity contribution in [3.8, 4) is 0 Å². The Bertz CT molecular complexity index is 379. The van der Waals surface area contributed by atoms with Gasteiger partial charge in [0.15, 0.2) is 0 Å². The lowest BCUT2D eigenvalue weighted by molar-refractivity contribution is -0.137. The van der Waals surface area contributed by atoms with E-state index in [1.54, 1.807) is 0 Å². The number of nitrogens with two attached hydrogens (primary N) is 1. The molecule has 0 spiro atoms. The number of rotatable bonds is 5. The Morgan fingerprint density at radius 1 is 1.56 bits per heavy atom. The first-order chi connectivity index (χ1) is 7.50. The van der Waals surface area contributed by atoms with Crippen molar-refractivity contribution in [2.75, 3.05) is 0 Å². The topological polar surface area (TPSA) is 63.3 Å². The lowest BCUT2D eigenvalue weighted by atomic mass is 10.0. The molecule has 0 saturated heterocycles. The average molecular weight is 242 g/mol. The first-order valence-electron chi connectivity index (χ1n) is 5.24. The van der Waals surface area contributed by atoms with Gasteiger partial charge in [0.1, 0.15) is 0 Å². The lowest BCUT2D eigenvalue weighted by Crippen LogP contribution is -2.11. The number of carboxylic acids is 1. The lowest BCUT2D eigenvalue weighted by Gasteiger charge is -2.12. The standard InChI is InChI=1S/C12H16ClNO2/c1-8-7-9(5-6-10(8)13)11(14)3-2-4-12(15)16/h5-7,11H,2-4,14H2,1H3,(H,15,16). The molecule has 88 valence electrons. The molecular weight excluding hydrogens is 226 g/mol. The van der Waals surface area contributed by atoms with Gasteiger partial charge in [0.25, 0.3) is 0 Å². The molecule has 0 fully saturated rings. The molecule has 1 atom stereocenters. The summed E-state index contributed by atoms with van der Waals surface area (Å²) in [5.41, 5.74) is 7.96. The van der Waals surface area contributed by atoms with Crippen LogP contribution < -0.4 is 5.73 Å².